The molecule has 1 N–H and O–H groups in total. The van der Waals surface area contributed by atoms with Gasteiger partial charge in [-0.2, -0.15) is 0 Å². The van der Waals surface area contributed by atoms with Crippen molar-refractivity contribution in [2.45, 2.75) is 26.2 Å². The molecule has 1 aromatic carbocycles. The number of halogens is 1. The van der Waals surface area contributed by atoms with E-state index in [4.69, 9.17) is 20.8 Å². The Kier molecular flexibility index (Phi) is 5.09. The SMILES string of the molecule is COc1ccc(-c2cc(C(=O)Nc3nnc(C(C)(C)C)o3)ncn2)cc1Cl. The predicted molar refractivity (Wildman–Crippen MR) is 100.0 cm³/mol. The molecule has 140 valence electrons. The molecular formula is C18H18ClN5O3. The van der Waals surface area contributed by atoms with E-state index in [-0.39, 0.29) is 17.1 Å². The van der Waals surface area contributed by atoms with E-state index >= 15 is 0 Å². The topological polar surface area (TPSA) is 103 Å². The van der Waals surface area contributed by atoms with Crippen LogP contribution in [0.25, 0.3) is 11.3 Å². The van der Waals surface area contributed by atoms with Crippen LogP contribution in [-0.4, -0.2) is 33.2 Å². The summed E-state index contributed by atoms with van der Waals surface area (Å²) < 4.78 is 10.6. The van der Waals surface area contributed by atoms with Crippen LogP contribution in [0.15, 0.2) is 35.0 Å². The van der Waals surface area contributed by atoms with Crippen molar-refractivity contribution >= 4 is 23.5 Å². The highest BCUT2D eigenvalue weighted by Crippen LogP contribution is 2.29. The lowest BCUT2D eigenvalue weighted by molar-refractivity contribution is 0.101. The number of benzene rings is 1. The molecule has 0 unspecified atom stereocenters. The molecule has 3 rings (SSSR count). The van der Waals surface area contributed by atoms with Gasteiger partial charge in [-0.25, -0.2) is 9.97 Å². The molecule has 0 aliphatic carbocycles. The molecule has 27 heavy (non-hydrogen) atoms. The van der Waals surface area contributed by atoms with E-state index < -0.39 is 5.91 Å². The summed E-state index contributed by atoms with van der Waals surface area (Å²) in [5, 5.41) is 10.8. The van der Waals surface area contributed by atoms with E-state index in [2.05, 4.69) is 25.5 Å². The Morgan fingerprint density at radius 1 is 1.19 bits per heavy atom. The lowest BCUT2D eigenvalue weighted by atomic mass is 9.97. The molecular weight excluding hydrogens is 370 g/mol. The minimum Gasteiger partial charge on any atom is -0.495 e. The Morgan fingerprint density at radius 3 is 2.59 bits per heavy atom. The second kappa shape index (κ2) is 7.32. The molecule has 8 nitrogen and oxygen atoms in total. The van der Waals surface area contributed by atoms with Crippen molar-refractivity contribution < 1.29 is 13.9 Å². The number of anilines is 1. The monoisotopic (exact) mass is 387 g/mol. The number of rotatable bonds is 4. The highest BCUT2D eigenvalue weighted by atomic mass is 35.5. The molecule has 0 bridgehead atoms. The number of carbonyl (C=O) groups excluding carboxylic acids is 1. The predicted octanol–water partition coefficient (Wildman–Crippen LogP) is 3.74. The third-order valence-electron chi connectivity index (χ3n) is 3.63. The van der Waals surface area contributed by atoms with Crippen LogP contribution in [0.3, 0.4) is 0 Å². The number of nitrogens with one attached hydrogen (secondary N) is 1. The van der Waals surface area contributed by atoms with Crippen LogP contribution in [0, 0.1) is 0 Å². The van der Waals surface area contributed by atoms with Gasteiger partial charge in [0.15, 0.2) is 0 Å². The van der Waals surface area contributed by atoms with Crippen LogP contribution < -0.4 is 10.1 Å². The van der Waals surface area contributed by atoms with Crippen LogP contribution in [-0.2, 0) is 5.41 Å². The molecule has 0 fully saturated rings. The maximum atomic E-state index is 12.4. The number of ether oxygens (including phenoxy) is 1. The Bertz CT molecular complexity index is 981. The average molecular weight is 388 g/mol. The fourth-order valence-electron chi connectivity index (χ4n) is 2.20. The second-order valence-electron chi connectivity index (χ2n) is 6.75. The van der Waals surface area contributed by atoms with Crippen molar-refractivity contribution in [3.63, 3.8) is 0 Å². The fraction of sp³-hybridized carbons (Fsp3) is 0.278. The van der Waals surface area contributed by atoms with Crippen molar-refractivity contribution in [2.24, 2.45) is 0 Å². The van der Waals surface area contributed by atoms with Gasteiger partial charge < -0.3 is 9.15 Å². The Hall–Kier alpha value is -3.00. The highest BCUT2D eigenvalue weighted by molar-refractivity contribution is 6.32. The number of methoxy groups -OCH3 is 1. The summed E-state index contributed by atoms with van der Waals surface area (Å²) in [7, 11) is 1.54. The number of hydrogen-bond donors (Lipinski definition) is 1. The zero-order valence-electron chi connectivity index (χ0n) is 15.3. The Balaban J connectivity index is 1.81. The minimum atomic E-state index is -0.484. The van der Waals surface area contributed by atoms with Gasteiger partial charge in [-0.15, -0.1) is 5.10 Å². The van der Waals surface area contributed by atoms with Crippen LogP contribution in [0.1, 0.15) is 37.2 Å². The van der Waals surface area contributed by atoms with Crippen molar-refractivity contribution in [1.29, 1.82) is 0 Å². The van der Waals surface area contributed by atoms with Gasteiger partial charge in [0.2, 0.25) is 5.89 Å². The van der Waals surface area contributed by atoms with Crippen LogP contribution in [0.4, 0.5) is 6.01 Å². The minimum absolute atomic E-state index is 0.0116. The number of aromatic nitrogens is 4. The van der Waals surface area contributed by atoms with Gasteiger partial charge in [-0.3, -0.25) is 10.1 Å². The van der Waals surface area contributed by atoms with Crippen LogP contribution >= 0.6 is 11.6 Å². The first-order valence-electron chi connectivity index (χ1n) is 8.09. The third-order valence-corrected chi connectivity index (χ3v) is 3.93. The van der Waals surface area contributed by atoms with E-state index in [0.29, 0.717) is 22.4 Å². The summed E-state index contributed by atoms with van der Waals surface area (Å²) in [6.45, 7) is 5.80. The maximum Gasteiger partial charge on any atom is 0.322 e. The molecule has 2 aromatic heterocycles. The van der Waals surface area contributed by atoms with Gasteiger partial charge in [0.05, 0.1) is 17.8 Å². The maximum absolute atomic E-state index is 12.4. The van der Waals surface area contributed by atoms with Gasteiger partial charge >= 0.3 is 6.01 Å². The molecule has 1 amide bonds. The summed E-state index contributed by atoms with van der Waals surface area (Å²) in [4.78, 5) is 20.6. The smallest absolute Gasteiger partial charge is 0.322 e. The summed E-state index contributed by atoms with van der Waals surface area (Å²) in [6.07, 6.45) is 1.30. The van der Waals surface area contributed by atoms with E-state index in [1.54, 1.807) is 24.3 Å². The molecule has 0 radical (unpaired) electrons. The van der Waals surface area contributed by atoms with Crippen molar-refractivity contribution in [3.8, 4) is 17.0 Å². The first kappa shape index (κ1) is 18.8. The molecule has 3 aromatic rings. The van der Waals surface area contributed by atoms with E-state index in [0.717, 1.165) is 5.56 Å². The standard InChI is InChI=1S/C18H18ClN5O3/c1-18(2,3)16-23-24-17(27-16)22-15(25)13-8-12(20-9-21-13)10-5-6-14(26-4)11(19)7-10/h5-9H,1-4H3,(H,22,24,25). The lowest BCUT2D eigenvalue weighted by Crippen LogP contribution is -2.14. The average Bonchev–Trinajstić information content (AvgIpc) is 3.10. The fourth-order valence-corrected chi connectivity index (χ4v) is 2.46. The normalized spacial score (nSPS) is 11.3. The van der Waals surface area contributed by atoms with Gasteiger partial charge in [0.1, 0.15) is 17.8 Å². The molecule has 2 heterocycles. The number of nitrogens with zero attached hydrogens (tertiary/aromatic N) is 4. The zero-order valence-corrected chi connectivity index (χ0v) is 16.0. The van der Waals surface area contributed by atoms with Crippen LogP contribution in [0.5, 0.6) is 5.75 Å². The molecule has 0 saturated heterocycles. The zero-order chi connectivity index (χ0) is 19.6. The van der Waals surface area contributed by atoms with Crippen LogP contribution in [0.2, 0.25) is 5.02 Å². The molecule has 0 aliphatic heterocycles. The molecule has 0 atom stereocenters. The Morgan fingerprint density at radius 2 is 1.96 bits per heavy atom. The van der Waals surface area contributed by atoms with Crippen molar-refractivity contribution in [3.05, 3.63) is 47.2 Å². The summed E-state index contributed by atoms with van der Waals surface area (Å²) >= 11 is 6.15. The van der Waals surface area contributed by atoms with E-state index in [1.807, 2.05) is 20.8 Å². The third kappa shape index (κ3) is 4.22. The number of hydrogen-bond acceptors (Lipinski definition) is 7. The van der Waals surface area contributed by atoms with E-state index in [9.17, 15) is 4.79 Å². The second-order valence-corrected chi connectivity index (χ2v) is 7.16. The summed E-state index contributed by atoms with van der Waals surface area (Å²) in [5.41, 5.74) is 1.11. The Labute approximate surface area is 161 Å². The van der Waals surface area contributed by atoms with Crippen molar-refractivity contribution in [2.75, 3.05) is 12.4 Å². The number of carbonyl (C=O) groups is 1. The quantitative estimate of drug-likeness (QED) is 0.727. The van der Waals surface area contributed by atoms with Gasteiger partial charge in [-0.05, 0) is 24.3 Å². The van der Waals surface area contributed by atoms with E-state index in [1.165, 1.54) is 13.4 Å². The first-order chi connectivity index (χ1) is 12.8. The molecule has 0 saturated carbocycles. The molecule has 0 aliphatic rings. The van der Waals surface area contributed by atoms with Gasteiger partial charge in [0, 0.05) is 11.0 Å². The van der Waals surface area contributed by atoms with Crippen molar-refractivity contribution in [1.82, 2.24) is 20.2 Å². The van der Waals surface area contributed by atoms with Gasteiger partial charge in [-0.1, -0.05) is 37.5 Å². The molecule has 9 heteroatoms. The van der Waals surface area contributed by atoms with Gasteiger partial charge in [0.25, 0.3) is 5.91 Å². The largest absolute Gasteiger partial charge is 0.495 e. The summed E-state index contributed by atoms with van der Waals surface area (Å²) in [6, 6.07) is 6.79. The summed E-state index contributed by atoms with van der Waals surface area (Å²) in [5.74, 6) is 0.495. The first-order valence-corrected chi connectivity index (χ1v) is 8.47. The highest BCUT2D eigenvalue weighted by Gasteiger charge is 2.22. The molecule has 0 spiro atoms. The number of amides is 1. The lowest BCUT2D eigenvalue weighted by Gasteiger charge is -2.10.